The molecule has 2 N–H and O–H groups in total. The van der Waals surface area contributed by atoms with Crippen molar-refractivity contribution < 1.29 is 27.9 Å². The number of carbonyl (C=O) groups excluding carboxylic acids is 2. The first-order valence-electron chi connectivity index (χ1n) is 14.1. The van der Waals surface area contributed by atoms with Gasteiger partial charge in [-0.15, -0.1) is 5.10 Å². The Balaban J connectivity index is 1.24. The zero-order chi connectivity index (χ0) is 32.0. The van der Waals surface area contributed by atoms with Crippen LogP contribution >= 0.6 is 27.5 Å². The van der Waals surface area contributed by atoms with E-state index in [1.807, 2.05) is 6.92 Å². The Kier molecular flexibility index (Phi) is 6.78. The average Bonchev–Trinajstić information content (AvgIpc) is 3.61. The highest BCUT2D eigenvalue weighted by molar-refractivity contribution is 9.10. The number of anilines is 1. The molecule has 11 nitrogen and oxygen atoms in total. The van der Waals surface area contributed by atoms with E-state index >= 15 is 0 Å². The summed E-state index contributed by atoms with van der Waals surface area (Å²) in [4.78, 5) is 50.9. The van der Waals surface area contributed by atoms with Crippen LogP contribution in [0, 0.1) is 5.92 Å². The molecule has 45 heavy (non-hydrogen) atoms. The molecule has 2 fully saturated rings. The molecule has 1 spiro atoms. The van der Waals surface area contributed by atoms with Gasteiger partial charge in [0.05, 0.1) is 16.3 Å². The lowest BCUT2D eigenvalue weighted by Crippen LogP contribution is -2.48. The fourth-order valence-corrected chi connectivity index (χ4v) is 7.91. The van der Waals surface area contributed by atoms with Gasteiger partial charge in [-0.05, 0) is 77.4 Å². The van der Waals surface area contributed by atoms with E-state index in [-0.39, 0.29) is 68.6 Å². The highest BCUT2D eigenvalue weighted by Crippen LogP contribution is 2.62. The van der Waals surface area contributed by atoms with Crippen molar-refractivity contribution in [2.24, 2.45) is 5.92 Å². The smallest absolute Gasteiger partial charge is 0.416 e. The molecule has 4 heterocycles. The van der Waals surface area contributed by atoms with E-state index in [1.54, 1.807) is 15.5 Å². The minimum atomic E-state index is -4.59. The lowest BCUT2D eigenvalue weighted by Gasteiger charge is -2.39. The van der Waals surface area contributed by atoms with Crippen molar-refractivity contribution in [3.8, 4) is 5.75 Å². The van der Waals surface area contributed by atoms with Crippen LogP contribution in [0.25, 0.3) is 5.78 Å². The van der Waals surface area contributed by atoms with Crippen molar-refractivity contribution in [3.63, 3.8) is 0 Å². The number of pyridine rings is 1. The van der Waals surface area contributed by atoms with Crippen LogP contribution in [0.3, 0.4) is 0 Å². The number of piperidine rings is 1. The van der Waals surface area contributed by atoms with Gasteiger partial charge in [0.25, 0.3) is 11.5 Å². The highest BCUT2D eigenvalue weighted by Gasteiger charge is 2.64. The van der Waals surface area contributed by atoms with Gasteiger partial charge in [-0.2, -0.15) is 22.7 Å². The molecule has 1 saturated heterocycles. The molecule has 1 saturated carbocycles. The number of aromatic nitrogens is 5. The van der Waals surface area contributed by atoms with Gasteiger partial charge in [-0.3, -0.25) is 14.4 Å². The number of nitrogens with one attached hydrogen (secondary N) is 1. The summed E-state index contributed by atoms with van der Waals surface area (Å²) in [5.74, 6) is -1.22. The Morgan fingerprint density at radius 2 is 2.04 bits per heavy atom. The third-order valence-electron chi connectivity index (χ3n) is 9.18. The number of rotatable bonds is 4. The molecule has 4 unspecified atom stereocenters. The van der Waals surface area contributed by atoms with E-state index in [1.165, 1.54) is 12.3 Å². The summed E-state index contributed by atoms with van der Waals surface area (Å²) in [6, 6.07) is 5.47. The van der Waals surface area contributed by atoms with Crippen molar-refractivity contribution in [1.29, 1.82) is 0 Å². The van der Waals surface area contributed by atoms with Gasteiger partial charge in [0.2, 0.25) is 16.4 Å². The quantitative estimate of drug-likeness (QED) is 0.313. The number of alkyl halides is 3. The molecule has 2 aliphatic carbocycles. The van der Waals surface area contributed by atoms with E-state index in [0.29, 0.717) is 37.1 Å². The number of hydrogen-bond acceptors (Lipinski definition) is 7. The fourth-order valence-electron chi connectivity index (χ4n) is 7.36. The normalized spacial score (nSPS) is 23.7. The Morgan fingerprint density at radius 3 is 2.76 bits per heavy atom. The van der Waals surface area contributed by atoms with Crippen LogP contribution in [0.1, 0.15) is 59.4 Å². The summed E-state index contributed by atoms with van der Waals surface area (Å²) in [5, 5.41) is 16.8. The van der Waals surface area contributed by atoms with Gasteiger partial charge in [-0.1, -0.05) is 18.5 Å². The summed E-state index contributed by atoms with van der Waals surface area (Å²) >= 11 is 9.31. The summed E-state index contributed by atoms with van der Waals surface area (Å²) in [5.41, 5.74) is -0.726. The number of fused-ring (bicyclic) bond motifs is 5. The summed E-state index contributed by atoms with van der Waals surface area (Å²) in [6.07, 6.45) is -1.39. The molecule has 1 aromatic carbocycles. The van der Waals surface area contributed by atoms with Gasteiger partial charge < -0.3 is 19.9 Å². The minimum absolute atomic E-state index is 0.00680. The van der Waals surface area contributed by atoms with Crippen molar-refractivity contribution >= 4 is 50.8 Å². The largest absolute Gasteiger partial charge is 0.505 e. The number of halogens is 5. The Labute approximate surface area is 266 Å². The first kappa shape index (κ1) is 29.7. The van der Waals surface area contributed by atoms with E-state index in [2.05, 4.69) is 36.3 Å². The topological polar surface area (TPSA) is 135 Å². The molecular formula is C29H24BrClF3N7O4. The maximum atomic E-state index is 14.1. The minimum Gasteiger partial charge on any atom is -0.505 e. The van der Waals surface area contributed by atoms with Gasteiger partial charge in [0, 0.05) is 35.5 Å². The van der Waals surface area contributed by atoms with Crippen molar-refractivity contribution in [3.05, 3.63) is 79.2 Å². The second-order valence-electron chi connectivity index (χ2n) is 11.8. The lowest BCUT2D eigenvalue weighted by atomic mass is 9.72. The first-order chi connectivity index (χ1) is 21.3. The van der Waals surface area contributed by atoms with Crippen LogP contribution in [-0.4, -0.2) is 58.6 Å². The average molecular weight is 707 g/mol. The number of likely N-dealkylation sites (tertiary alicyclic amines) is 1. The molecule has 16 heteroatoms. The molecule has 3 aliphatic rings. The second kappa shape index (κ2) is 10.3. The number of aromatic hydroxyl groups is 1. The fraction of sp³-hybridized carbons (Fsp3) is 0.379. The number of carbonyl (C=O) groups is 2. The van der Waals surface area contributed by atoms with E-state index in [4.69, 9.17) is 11.6 Å². The van der Waals surface area contributed by atoms with E-state index in [9.17, 15) is 32.7 Å². The van der Waals surface area contributed by atoms with Crippen LogP contribution in [0.5, 0.6) is 5.75 Å². The first-order valence-corrected chi connectivity index (χ1v) is 15.3. The molecule has 4 atom stereocenters. The molecule has 3 aromatic heterocycles. The third kappa shape index (κ3) is 4.69. The number of benzene rings is 1. The predicted octanol–water partition coefficient (Wildman–Crippen LogP) is 4.74. The molecule has 2 amide bonds. The molecule has 4 aromatic rings. The van der Waals surface area contributed by atoms with Crippen molar-refractivity contribution in [2.45, 2.75) is 56.3 Å². The molecular weight excluding hydrogens is 683 g/mol. The predicted molar refractivity (Wildman–Crippen MR) is 158 cm³/mol. The summed E-state index contributed by atoms with van der Waals surface area (Å²) in [6.45, 7) is 2.00. The maximum Gasteiger partial charge on any atom is 0.416 e. The number of nitrogens with zero attached hydrogens (tertiary/aromatic N) is 6. The number of hydrogen-bond donors (Lipinski definition) is 2. The summed E-state index contributed by atoms with van der Waals surface area (Å²) in [7, 11) is 0. The van der Waals surface area contributed by atoms with Crippen molar-refractivity contribution in [1.82, 2.24) is 29.0 Å². The molecule has 234 valence electrons. The van der Waals surface area contributed by atoms with Gasteiger partial charge >= 0.3 is 6.18 Å². The molecule has 7 rings (SSSR count). The zero-order valence-corrected chi connectivity index (χ0v) is 25.8. The molecule has 1 aliphatic heterocycles. The Morgan fingerprint density at radius 1 is 1.27 bits per heavy atom. The molecule has 0 radical (unpaired) electrons. The van der Waals surface area contributed by atoms with Crippen LogP contribution in [0.2, 0.25) is 5.02 Å². The second-order valence-corrected chi connectivity index (χ2v) is 12.9. The van der Waals surface area contributed by atoms with Crippen LogP contribution < -0.4 is 10.9 Å². The van der Waals surface area contributed by atoms with E-state index < -0.39 is 23.1 Å². The maximum absolute atomic E-state index is 14.1. The van der Waals surface area contributed by atoms with Crippen molar-refractivity contribution in [2.75, 3.05) is 11.9 Å². The third-order valence-corrected chi connectivity index (χ3v) is 9.83. The zero-order valence-electron chi connectivity index (χ0n) is 23.5. The van der Waals surface area contributed by atoms with Gasteiger partial charge in [0.1, 0.15) is 12.3 Å². The number of amides is 2. The van der Waals surface area contributed by atoms with Crippen LogP contribution in [-0.2, 0) is 22.9 Å². The lowest BCUT2D eigenvalue weighted by molar-refractivity contribution is -0.137. The van der Waals surface area contributed by atoms with E-state index in [0.717, 1.165) is 22.7 Å². The summed E-state index contributed by atoms with van der Waals surface area (Å²) < 4.78 is 42.2. The Hall–Kier alpha value is -3.98. The van der Waals surface area contributed by atoms with Gasteiger partial charge in [0.15, 0.2) is 5.69 Å². The van der Waals surface area contributed by atoms with Gasteiger partial charge in [-0.25, -0.2) is 4.98 Å². The SMILES string of the molecule is CC1CC2(CCN(C(=O)c3ncccc3O)C3CC32)c2c1n(CC(=O)Nc1ccc(C(F)(F)F)cc1Cl)c1nc(Br)nn1c2=O. The Bertz CT molecular complexity index is 1980. The standard InChI is InChI=1S/C29H24BrClF3N7O4/c1-13-11-28(6-8-39(18-10-15(18)28)25(45)22-19(42)3-2-7-35-22)21-23(13)40(27-37-26(30)38-41(27)24(21)44)12-20(43)36-17-5-4-14(9-16(17)31)29(32,33)34/h2-5,7,9,13,15,18,42H,6,8,10-12H2,1H3,(H,36,43). The van der Waals surface area contributed by atoms with Crippen LogP contribution in [0.4, 0.5) is 18.9 Å². The monoisotopic (exact) mass is 705 g/mol. The van der Waals surface area contributed by atoms with Crippen LogP contribution in [0.15, 0.2) is 46.1 Å². The molecule has 0 bridgehead atoms. The highest BCUT2D eigenvalue weighted by atomic mass is 79.9.